The molecule has 2 unspecified atom stereocenters. The van der Waals surface area contributed by atoms with Gasteiger partial charge in [-0.1, -0.05) is 266 Å². The number of fused-ring (bicyclic) bond motifs is 4. The summed E-state index contributed by atoms with van der Waals surface area (Å²) in [4.78, 5) is 37.8. The van der Waals surface area contributed by atoms with Crippen molar-refractivity contribution < 1.29 is 9.59 Å². The van der Waals surface area contributed by atoms with Crippen molar-refractivity contribution in [2.24, 2.45) is 11.8 Å². The van der Waals surface area contributed by atoms with Gasteiger partial charge in [-0.2, -0.15) is 0 Å². The summed E-state index contributed by atoms with van der Waals surface area (Å²) in [5.74, 6) is 1.16. The quantitative estimate of drug-likeness (QED) is 0.0364. The number of anilines is 2. The molecular formula is C71H108Br2N2O2S4. The second kappa shape index (κ2) is 38.4. The summed E-state index contributed by atoms with van der Waals surface area (Å²) in [5.41, 5.74) is 3.69. The van der Waals surface area contributed by atoms with Gasteiger partial charge in [-0.05, 0) is 106 Å². The summed E-state index contributed by atoms with van der Waals surface area (Å²) in [6.45, 7) is 10.7. The van der Waals surface area contributed by atoms with Gasteiger partial charge < -0.3 is 9.80 Å². The standard InChI is InChI=1S/C70H104Br2N2O2S4.CH4/c1-5-9-13-17-21-25-27-31-35-39-43-53(41-37-33-29-23-19-15-11-7-3)51-73-57-45-56-58(46-55(57)67(69(73)75)63-47-59-61(77-63)49-65(71)79-59)74(70(76)68(56)64-48-60-62(78-64)50-66(72)80-60)52-54(42-38-34-30-24-20-16-12-8-4)44-40-36-32-28-26-22-18-14-10-6-2;/h45-50,53-54H,5-44,51-52H2,1-4H3;1H4. The highest BCUT2D eigenvalue weighted by Gasteiger charge is 2.38. The largest absolute Gasteiger partial charge is 0.307 e. The van der Waals surface area contributed by atoms with Gasteiger partial charge in [0.05, 0.1) is 30.1 Å². The Labute approximate surface area is 526 Å². The van der Waals surface area contributed by atoms with Crippen molar-refractivity contribution in [2.45, 2.75) is 292 Å². The Morgan fingerprint density at radius 1 is 0.346 bits per heavy atom. The summed E-state index contributed by atoms with van der Waals surface area (Å²) >= 11 is 14.5. The molecule has 2 aliphatic heterocycles. The molecular weight excluding hydrogens is 1200 g/mol. The van der Waals surface area contributed by atoms with E-state index in [1.165, 1.54) is 276 Å². The summed E-state index contributed by atoms with van der Waals surface area (Å²) < 4.78 is 7.14. The number of carbonyl (C=O) groups is 2. The lowest BCUT2D eigenvalue weighted by atomic mass is 9.93. The van der Waals surface area contributed by atoms with Crippen molar-refractivity contribution in [3.63, 3.8) is 0 Å². The molecule has 6 heterocycles. The fourth-order valence-corrected chi connectivity index (χ4v) is 19.1. The summed E-state index contributed by atoms with van der Waals surface area (Å²) in [7, 11) is 0. The number of thiophene rings is 4. The minimum absolute atomic E-state index is 0. The van der Waals surface area contributed by atoms with E-state index in [0.29, 0.717) is 11.8 Å². The van der Waals surface area contributed by atoms with Crippen LogP contribution in [0.3, 0.4) is 0 Å². The molecule has 0 spiro atoms. The van der Waals surface area contributed by atoms with E-state index in [9.17, 15) is 0 Å². The van der Waals surface area contributed by atoms with E-state index in [-0.39, 0.29) is 19.2 Å². The average Bonchev–Trinajstić information content (AvgIpc) is 4.25. The van der Waals surface area contributed by atoms with E-state index in [1.807, 2.05) is 0 Å². The highest BCUT2D eigenvalue weighted by atomic mass is 79.9. The molecule has 0 saturated heterocycles. The third kappa shape index (κ3) is 21.2. The first kappa shape index (κ1) is 68.3. The zero-order valence-corrected chi connectivity index (χ0v) is 56.9. The van der Waals surface area contributed by atoms with E-state index in [4.69, 9.17) is 0 Å². The molecule has 4 nitrogen and oxygen atoms in total. The third-order valence-corrected chi connectivity index (χ3v) is 23.4. The number of rotatable bonds is 46. The Hall–Kier alpha value is -1.82. The second-order valence-electron chi connectivity index (χ2n) is 24.4. The smallest absolute Gasteiger partial charge is 0.260 e. The maximum atomic E-state index is 15.6. The highest BCUT2D eigenvalue weighted by molar-refractivity contribution is 9.11. The third-order valence-electron chi connectivity index (χ3n) is 17.7. The van der Waals surface area contributed by atoms with Crippen molar-refractivity contribution in [3.8, 4) is 0 Å². The molecule has 2 aliphatic rings. The molecule has 2 amide bonds. The molecule has 7 rings (SSSR count). The monoisotopic (exact) mass is 1310 g/mol. The van der Waals surface area contributed by atoms with Gasteiger partial charge >= 0.3 is 0 Å². The lowest BCUT2D eigenvalue weighted by Crippen LogP contribution is -2.35. The van der Waals surface area contributed by atoms with Gasteiger partial charge in [0.1, 0.15) is 0 Å². The summed E-state index contributed by atoms with van der Waals surface area (Å²) in [5, 5.41) is 2.05. The molecule has 0 N–H and O–H groups in total. The van der Waals surface area contributed by atoms with Crippen molar-refractivity contribution >= 4 is 130 Å². The molecule has 0 bridgehead atoms. The van der Waals surface area contributed by atoms with Crippen LogP contribution in [-0.2, 0) is 9.59 Å². The average molecular weight is 1310 g/mol. The molecule has 81 heavy (non-hydrogen) atoms. The lowest BCUT2D eigenvalue weighted by Gasteiger charge is -2.27. The summed E-state index contributed by atoms with van der Waals surface area (Å²) in [6.07, 6.45) is 52.5. The SMILES string of the molecule is C.CCCCCCCCCCCCC(CCCCCCCCCC)CN1C(=O)C(c2cc3sc(Br)cc3s2)=c2cc3c(cc21)=C(c1cc2sc(Br)cc2s1)C(=O)N3CC(CCCCCCCCCC)CCCCCCCCCCCC. The van der Waals surface area contributed by atoms with E-state index in [1.54, 1.807) is 45.3 Å². The number of hydrogen-bond acceptors (Lipinski definition) is 6. The number of nitrogens with zero attached hydrogens (tertiary/aromatic N) is 2. The molecule has 0 radical (unpaired) electrons. The van der Waals surface area contributed by atoms with Crippen molar-refractivity contribution in [3.05, 3.63) is 64.2 Å². The fourth-order valence-electron chi connectivity index (χ4n) is 13.0. The Bertz CT molecular complexity index is 2480. The van der Waals surface area contributed by atoms with Gasteiger partial charge in [-0.15, -0.1) is 45.3 Å². The van der Waals surface area contributed by atoms with Gasteiger partial charge in [0.25, 0.3) is 11.8 Å². The molecule has 5 aromatic rings. The van der Waals surface area contributed by atoms with Crippen LogP contribution in [0.4, 0.5) is 11.4 Å². The number of amides is 2. The van der Waals surface area contributed by atoms with Crippen LogP contribution in [0.2, 0.25) is 0 Å². The van der Waals surface area contributed by atoms with Gasteiger partial charge in [0.15, 0.2) is 0 Å². The normalized spacial score (nSPS) is 14.1. The van der Waals surface area contributed by atoms with E-state index in [2.05, 4.69) is 106 Å². The van der Waals surface area contributed by atoms with Crippen LogP contribution in [0.5, 0.6) is 0 Å². The van der Waals surface area contributed by atoms with E-state index in [0.717, 1.165) is 63.4 Å². The van der Waals surface area contributed by atoms with Crippen LogP contribution < -0.4 is 20.2 Å². The molecule has 2 atom stereocenters. The van der Waals surface area contributed by atoms with Crippen LogP contribution in [0, 0.1) is 11.8 Å². The number of unbranched alkanes of at least 4 members (excludes halogenated alkanes) is 32. The van der Waals surface area contributed by atoms with Crippen molar-refractivity contribution in [2.75, 3.05) is 22.9 Å². The first-order valence-electron chi connectivity index (χ1n) is 33.2. The molecule has 4 aromatic heterocycles. The van der Waals surface area contributed by atoms with Gasteiger partial charge in [0, 0.05) is 52.1 Å². The number of benzene rings is 1. The second-order valence-corrected chi connectivity index (χ2v) is 31.5. The maximum Gasteiger partial charge on any atom is 0.260 e. The minimum Gasteiger partial charge on any atom is -0.307 e. The van der Waals surface area contributed by atoms with Crippen LogP contribution in [-0.4, -0.2) is 24.9 Å². The Morgan fingerprint density at radius 3 is 0.852 bits per heavy atom. The maximum absolute atomic E-state index is 15.6. The van der Waals surface area contributed by atoms with Crippen LogP contribution >= 0.6 is 77.2 Å². The minimum atomic E-state index is 0. The van der Waals surface area contributed by atoms with E-state index < -0.39 is 0 Å². The topological polar surface area (TPSA) is 40.6 Å². The van der Waals surface area contributed by atoms with E-state index >= 15 is 9.59 Å². The van der Waals surface area contributed by atoms with Crippen molar-refractivity contribution in [1.29, 1.82) is 0 Å². The predicted molar refractivity (Wildman–Crippen MR) is 371 cm³/mol. The Balaban J connectivity index is 0.0000106. The molecule has 0 aliphatic carbocycles. The van der Waals surface area contributed by atoms with Crippen molar-refractivity contribution in [1.82, 2.24) is 0 Å². The zero-order valence-electron chi connectivity index (χ0n) is 50.4. The molecule has 10 heteroatoms. The lowest BCUT2D eigenvalue weighted by molar-refractivity contribution is -0.114. The molecule has 0 fully saturated rings. The van der Waals surface area contributed by atoms with Crippen LogP contribution in [0.1, 0.15) is 302 Å². The van der Waals surface area contributed by atoms with Gasteiger partial charge in [-0.25, -0.2) is 0 Å². The first-order valence-corrected chi connectivity index (χ1v) is 38.0. The van der Waals surface area contributed by atoms with Gasteiger partial charge in [-0.3, -0.25) is 9.59 Å². The fraction of sp³-hybridized carbons (Fsp3) is 0.690. The zero-order chi connectivity index (χ0) is 56.3. The van der Waals surface area contributed by atoms with Crippen LogP contribution in [0.25, 0.3) is 29.9 Å². The number of carbonyl (C=O) groups excluding carboxylic acids is 2. The van der Waals surface area contributed by atoms with Gasteiger partial charge in [0.2, 0.25) is 0 Å². The predicted octanol–water partition coefficient (Wildman–Crippen LogP) is 24.4. The molecule has 452 valence electrons. The summed E-state index contributed by atoms with van der Waals surface area (Å²) in [6, 6.07) is 13.6. The molecule has 1 aromatic carbocycles. The molecule has 0 saturated carbocycles. The highest BCUT2D eigenvalue weighted by Crippen LogP contribution is 2.43. The number of halogens is 2. The first-order chi connectivity index (χ1) is 39.2. The Kier molecular flexibility index (Phi) is 32.3. The number of hydrogen-bond donors (Lipinski definition) is 0. The van der Waals surface area contributed by atoms with Crippen LogP contribution in [0.15, 0.2) is 44.0 Å². The Morgan fingerprint density at radius 2 is 0.593 bits per heavy atom.